The van der Waals surface area contributed by atoms with E-state index >= 15 is 0 Å². The van der Waals surface area contributed by atoms with Crippen molar-refractivity contribution >= 4 is 11.5 Å². The first kappa shape index (κ1) is 12.9. The van der Waals surface area contributed by atoms with Crippen molar-refractivity contribution in [1.29, 1.82) is 0 Å². The monoisotopic (exact) mass is 224 g/mol. The van der Waals surface area contributed by atoms with E-state index in [1.807, 2.05) is 11.6 Å². The Balaban J connectivity index is 3.28. The molecular formula is C12H24N4. The fourth-order valence-corrected chi connectivity index (χ4v) is 1.95. The van der Waals surface area contributed by atoms with Crippen molar-refractivity contribution in [2.24, 2.45) is 0 Å². The van der Waals surface area contributed by atoms with E-state index in [2.05, 4.69) is 44.6 Å². The van der Waals surface area contributed by atoms with Crippen LogP contribution in [0.25, 0.3) is 0 Å². The van der Waals surface area contributed by atoms with Crippen LogP contribution in [0, 0.1) is 6.92 Å². The lowest BCUT2D eigenvalue weighted by atomic mass is 10.2. The molecule has 0 atom stereocenters. The van der Waals surface area contributed by atoms with Gasteiger partial charge in [-0.1, -0.05) is 0 Å². The highest BCUT2D eigenvalue weighted by Gasteiger charge is 2.21. The van der Waals surface area contributed by atoms with Gasteiger partial charge in [-0.3, -0.25) is 0 Å². The molecule has 0 aliphatic rings. The van der Waals surface area contributed by atoms with Crippen molar-refractivity contribution in [3.63, 3.8) is 0 Å². The largest absolute Gasteiger partial charge is 0.394 e. The van der Waals surface area contributed by atoms with E-state index in [0.717, 1.165) is 23.7 Å². The molecule has 0 aliphatic heterocycles. The number of aryl methyl sites for hydroxylation is 1. The Labute approximate surface area is 98.4 Å². The summed E-state index contributed by atoms with van der Waals surface area (Å²) in [6, 6.07) is 0.764. The van der Waals surface area contributed by atoms with Crippen molar-refractivity contribution in [2.45, 2.75) is 53.6 Å². The highest BCUT2D eigenvalue weighted by atomic mass is 15.4. The van der Waals surface area contributed by atoms with Crippen LogP contribution < -0.4 is 10.6 Å². The summed E-state index contributed by atoms with van der Waals surface area (Å²) in [4.78, 5) is 2.29. The Morgan fingerprint density at radius 2 is 1.88 bits per heavy atom. The third kappa shape index (κ3) is 2.15. The van der Waals surface area contributed by atoms with E-state index in [1.54, 1.807) is 0 Å². The zero-order valence-corrected chi connectivity index (χ0v) is 11.3. The van der Waals surface area contributed by atoms with Gasteiger partial charge in [-0.2, -0.15) is 5.10 Å². The zero-order chi connectivity index (χ0) is 12.5. The van der Waals surface area contributed by atoms with Gasteiger partial charge >= 0.3 is 0 Å². The predicted molar refractivity (Wildman–Crippen MR) is 69.9 cm³/mol. The molecule has 0 spiro atoms. The Hall–Kier alpha value is -1.19. The van der Waals surface area contributed by atoms with Gasteiger partial charge in [-0.05, 0) is 41.5 Å². The van der Waals surface area contributed by atoms with Gasteiger partial charge in [-0.25, -0.2) is 4.68 Å². The molecule has 0 saturated carbocycles. The Bertz CT molecular complexity index is 352. The number of nitrogen functional groups attached to an aromatic ring is 1. The van der Waals surface area contributed by atoms with Gasteiger partial charge in [0, 0.05) is 18.6 Å². The lowest BCUT2D eigenvalue weighted by Crippen LogP contribution is -2.33. The van der Waals surface area contributed by atoms with E-state index in [9.17, 15) is 0 Å². The first-order valence-corrected chi connectivity index (χ1v) is 6.01. The molecule has 0 amide bonds. The number of hydrogen-bond acceptors (Lipinski definition) is 3. The van der Waals surface area contributed by atoms with E-state index in [0.29, 0.717) is 12.1 Å². The van der Waals surface area contributed by atoms with Crippen molar-refractivity contribution in [1.82, 2.24) is 9.78 Å². The Morgan fingerprint density at radius 3 is 2.25 bits per heavy atom. The number of anilines is 2. The van der Waals surface area contributed by atoms with Crippen LogP contribution in [-0.2, 0) is 0 Å². The maximum Gasteiger partial charge on any atom is 0.151 e. The number of hydrogen-bond donors (Lipinski definition) is 1. The summed E-state index contributed by atoms with van der Waals surface area (Å²) in [5.74, 6) is 1.06. The molecule has 2 N–H and O–H groups in total. The van der Waals surface area contributed by atoms with Crippen LogP contribution >= 0.6 is 0 Å². The van der Waals surface area contributed by atoms with Gasteiger partial charge in [0.15, 0.2) is 5.82 Å². The van der Waals surface area contributed by atoms with Gasteiger partial charge in [0.25, 0.3) is 0 Å². The summed E-state index contributed by atoms with van der Waals surface area (Å²) < 4.78 is 2.02. The molecule has 0 aliphatic carbocycles. The third-order valence-corrected chi connectivity index (χ3v) is 2.83. The topological polar surface area (TPSA) is 47.1 Å². The third-order valence-electron chi connectivity index (χ3n) is 2.83. The van der Waals surface area contributed by atoms with Crippen LogP contribution in [0.2, 0.25) is 0 Å². The van der Waals surface area contributed by atoms with Crippen molar-refractivity contribution in [2.75, 3.05) is 17.2 Å². The molecule has 1 aromatic heterocycles. The molecule has 1 heterocycles. The van der Waals surface area contributed by atoms with E-state index < -0.39 is 0 Å². The second-order valence-electron chi connectivity index (χ2n) is 4.74. The maximum atomic E-state index is 6.13. The fourth-order valence-electron chi connectivity index (χ4n) is 1.95. The minimum Gasteiger partial charge on any atom is -0.394 e. The molecule has 0 fully saturated rings. The summed E-state index contributed by atoms with van der Waals surface area (Å²) >= 11 is 0. The summed E-state index contributed by atoms with van der Waals surface area (Å²) in [5, 5.41) is 4.51. The molecule has 1 aromatic rings. The maximum absolute atomic E-state index is 6.13. The smallest absolute Gasteiger partial charge is 0.151 e. The van der Waals surface area contributed by atoms with Crippen LogP contribution in [0.5, 0.6) is 0 Å². The number of nitrogens with zero attached hydrogens (tertiary/aromatic N) is 3. The molecule has 1 rings (SSSR count). The number of aromatic nitrogens is 2. The molecule has 0 saturated heterocycles. The molecule has 0 radical (unpaired) electrons. The average Bonchev–Trinajstić information content (AvgIpc) is 2.47. The molecular weight excluding hydrogens is 200 g/mol. The molecule has 0 unspecified atom stereocenters. The van der Waals surface area contributed by atoms with Crippen LogP contribution in [0.4, 0.5) is 11.5 Å². The highest BCUT2D eigenvalue weighted by Crippen LogP contribution is 2.30. The average molecular weight is 224 g/mol. The number of rotatable bonds is 4. The Kier molecular flexibility index (Phi) is 3.83. The van der Waals surface area contributed by atoms with Gasteiger partial charge < -0.3 is 10.6 Å². The predicted octanol–water partition coefficient (Wildman–Crippen LogP) is 2.59. The Morgan fingerprint density at radius 1 is 1.31 bits per heavy atom. The fraction of sp³-hybridized carbons (Fsp3) is 0.750. The minimum absolute atomic E-state index is 0.332. The lowest BCUT2D eigenvalue weighted by Gasteiger charge is -2.29. The van der Waals surface area contributed by atoms with Crippen LogP contribution in [-0.4, -0.2) is 22.4 Å². The second-order valence-corrected chi connectivity index (χ2v) is 4.74. The second kappa shape index (κ2) is 4.76. The molecule has 16 heavy (non-hydrogen) atoms. The van der Waals surface area contributed by atoms with Gasteiger partial charge in [0.2, 0.25) is 0 Å². The minimum atomic E-state index is 0.332. The zero-order valence-electron chi connectivity index (χ0n) is 11.3. The highest BCUT2D eigenvalue weighted by molar-refractivity contribution is 5.66. The van der Waals surface area contributed by atoms with Crippen molar-refractivity contribution in [3.05, 3.63) is 5.69 Å². The van der Waals surface area contributed by atoms with Gasteiger partial charge in [-0.15, -0.1) is 0 Å². The molecule has 0 bridgehead atoms. The van der Waals surface area contributed by atoms with Crippen LogP contribution in [0.15, 0.2) is 0 Å². The van der Waals surface area contributed by atoms with Crippen molar-refractivity contribution in [3.8, 4) is 0 Å². The summed E-state index contributed by atoms with van der Waals surface area (Å²) in [6.07, 6.45) is 0. The quantitative estimate of drug-likeness (QED) is 0.855. The van der Waals surface area contributed by atoms with Crippen LogP contribution in [0.3, 0.4) is 0 Å². The first-order chi connectivity index (χ1) is 7.40. The molecule has 4 nitrogen and oxygen atoms in total. The summed E-state index contributed by atoms with van der Waals surface area (Å²) in [7, 11) is 0. The SMILES string of the molecule is CCN(c1c(N)c(C)nn1C(C)C)C(C)C. The molecule has 0 aromatic carbocycles. The normalized spacial score (nSPS) is 11.5. The van der Waals surface area contributed by atoms with E-state index in [-0.39, 0.29) is 0 Å². The summed E-state index contributed by atoms with van der Waals surface area (Å²) in [6.45, 7) is 13.7. The number of nitrogens with two attached hydrogens (primary N) is 1. The molecule has 92 valence electrons. The molecule has 4 heteroatoms. The summed E-state index contributed by atoms with van der Waals surface area (Å²) in [5.41, 5.74) is 7.86. The van der Waals surface area contributed by atoms with Gasteiger partial charge in [0.05, 0.1) is 11.4 Å². The van der Waals surface area contributed by atoms with Crippen molar-refractivity contribution < 1.29 is 0 Å². The van der Waals surface area contributed by atoms with Gasteiger partial charge in [0.1, 0.15) is 0 Å². The standard InChI is InChI=1S/C12H24N4/c1-7-15(8(2)3)12-11(13)10(6)14-16(12)9(4)5/h8-9H,7,13H2,1-6H3. The lowest BCUT2D eigenvalue weighted by molar-refractivity contribution is 0.515. The first-order valence-electron chi connectivity index (χ1n) is 6.01. The van der Waals surface area contributed by atoms with E-state index in [1.165, 1.54) is 0 Å². The van der Waals surface area contributed by atoms with Crippen LogP contribution in [0.1, 0.15) is 46.4 Å². The van der Waals surface area contributed by atoms with E-state index in [4.69, 9.17) is 5.73 Å².